The fourth-order valence-electron chi connectivity index (χ4n) is 3.49. The maximum atomic E-state index is 12.6. The van der Waals surface area contributed by atoms with Crippen LogP contribution in [-0.2, 0) is 17.9 Å². The van der Waals surface area contributed by atoms with E-state index in [0.29, 0.717) is 23.4 Å². The zero-order chi connectivity index (χ0) is 24.6. The molecule has 0 aliphatic rings. The van der Waals surface area contributed by atoms with Gasteiger partial charge < -0.3 is 14.5 Å². The van der Waals surface area contributed by atoms with E-state index in [1.165, 1.54) is 22.9 Å². The first-order valence-corrected chi connectivity index (χ1v) is 12.7. The van der Waals surface area contributed by atoms with E-state index in [1.807, 2.05) is 60.0 Å². The second kappa shape index (κ2) is 11.8. The van der Waals surface area contributed by atoms with E-state index < -0.39 is 0 Å². The Hall–Kier alpha value is -3.52. The van der Waals surface area contributed by atoms with Crippen LogP contribution in [-0.4, -0.2) is 26.4 Å². The molecule has 1 unspecified atom stereocenters. The average Bonchev–Trinajstić information content (AvgIpc) is 3.53. The molecule has 182 valence electrons. The largest absolute Gasteiger partial charge is 0.486 e. The molecule has 7 nitrogen and oxygen atoms in total. The number of thioether (sulfide) groups is 1. The van der Waals surface area contributed by atoms with Crippen molar-refractivity contribution in [2.75, 3.05) is 11.1 Å². The van der Waals surface area contributed by atoms with Crippen molar-refractivity contribution in [3.8, 4) is 5.75 Å². The summed E-state index contributed by atoms with van der Waals surface area (Å²) in [5.74, 6) is 2.80. The summed E-state index contributed by atoms with van der Waals surface area (Å²) >= 11 is 1.33. The Balaban J connectivity index is 1.40. The number of carbonyl (C=O) groups excluding carboxylic acids is 1. The summed E-state index contributed by atoms with van der Waals surface area (Å²) in [5.41, 5.74) is 3.22. The van der Waals surface area contributed by atoms with Gasteiger partial charge >= 0.3 is 0 Å². The average molecular weight is 491 g/mol. The molecule has 0 fully saturated rings. The maximum Gasteiger partial charge on any atom is 0.234 e. The number of rotatable bonds is 11. The molecule has 4 rings (SSSR count). The lowest BCUT2D eigenvalue weighted by Crippen LogP contribution is -2.15. The van der Waals surface area contributed by atoms with Gasteiger partial charge in [0.05, 0.1) is 18.6 Å². The third-order valence-electron chi connectivity index (χ3n) is 5.78. The Morgan fingerprint density at radius 3 is 2.57 bits per heavy atom. The van der Waals surface area contributed by atoms with Crippen LogP contribution in [0.15, 0.2) is 76.5 Å². The fraction of sp³-hybridized carbons (Fsp3) is 0.296. The highest BCUT2D eigenvalue weighted by atomic mass is 32.2. The number of ether oxygens (including phenoxy) is 1. The molecule has 1 N–H and O–H groups in total. The molecule has 35 heavy (non-hydrogen) atoms. The van der Waals surface area contributed by atoms with Crippen LogP contribution in [0.2, 0.25) is 0 Å². The Morgan fingerprint density at radius 1 is 1.11 bits per heavy atom. The molecule has 2 aromatic carbocycles. The van der Waals surface area contributed by atoms with Crippen LogP contribution < -0.4 is 10.1 Å². The van der Waals surface area contributed by atoms with Crippen molar-refractivity contribution in [1.82, 2.24) is 14.8 Å². The minimum Gasteiger partial charge on any atom is -0.486 e. The molecule has 0 aliphatic carbocycles. The van der Waals surface area contributed by atoms with Gasteiger partial charge in [0.1, 0.15) is 18.1 Å². The number of hydrogen-bond acceptors (Lipinski definition) is 6. The number of benzene rings is 2. The monoisotopic (exact) mass is 490 g/mol. The first kappa shape index (κ1) is 24.6. The standard InChI is InChI=1S/C27H30N4O3S/c1-4-20(3)21-9-11-22(12-10-21)28-26(32)18-35-27-30-29-25(31(27)16-24-6-5-15-33-24)17-34-23-13-7-19(2)8-14-23/h5-15,20H,4,16-18H2,1-3H3,(H,28,32). The number of aryl methyl sites for hydroxylation is 1. The Kier molecular flexibility index (Phi) is 8.26. The number of hydrogen-bond donors (Lipinski definition) is 1. The van der Waals surface area contributed by atoms with Gasteiger partial charge in [-0.25, -0.2) is 0 Å². The van der Waals surface area contributed by atoms with E-state index in [9.17, 15) is 4.79 Å². The van der Waals surface area contributed by atoms with E-state index in [4.69, 9.17) is 9.15 Å². The van der Waals surface area contributed by atoms with Gasteiger partial charge in [-0.3, -0.25) is 9.36 Å². The third-order valence-corrected chi connectivity index (χ3v) is 6.75. The molecule has 2 aromatic heterocycles. The first-order chi connectivity index (χ1) is 17.0. The van der Waals surface area contributed by atoms with E-state index in [2.05, 4.69) is 41.5 Å². The number of carbonyl (C=O) groups is 1. The van der Waals surface area contributed by atoms with Gasteiger partial charge in [0.15, 0.2) is 11.0 Å². The summed E-state index contributed by atoms with van der Waals surface area (Å²) in [6, 6.07) is 19.6. The summed E-state index contributed by atoms with van der Waals surface area (Å²) in [5, 5.41) is 12.2. The van der Waals surface area contributed by atoms with Crippen LogP contribution in [0.1, 0.15) is 48.9 Å². The smallest absolute Gasteiger partial charge is 0.234 e. The van der Waals surface area contributed by atoms with Crippen molar-refractivity contribution < 1.29 is 13.9 Å². The lowest BCUT2D eigenvalue weighted by molar-refractivity contribution is -0.113. The second-order valence-electron chi connectivity index (χ2n) is 8.43. The summed E-state index contributed by atoms with van der Waals surface area (Å²) in [6.07, 6.45) is 2.72. The molecule has 0 saturated carbocycles. The number of aromatic nitrogens is 3. The highest BCUT2D eigenvalue weighted by Gasteiger charge is 2.16. The summed E-state index contributed by atoms with van der Waals surface area (Å²) < 4.78 is 13.4. The predicted octanol–water partition coefficient (Wildman–Crippen LogP) is 6.05. The molecule has 0 spiro atoms. The number of nitrogens with zero attached hydrogens (tertiary/aromatic N) is 3. The van der Waals surface area contributed by atoms with Gasteiger partial charge in [-0.1, -0.05) is 55.4 Å². The van der Waals surface area contributed by atoms with Crippen LogP contribution in [0, 0.1) is 6.92 Å². The van der Waals surface area contributed by atoms with E-state index in [0.717, 1.165) is 23.6 Å². The molecule has 4 aromatic rings. The van der Waals surface area contributed by atoms with Gasteiger partial charge in [-0.2, -0.15) is 0 Å². The molecule has 8 heteroatoms. The van der Waals surface area contributed by atoms with Gasteiger partial charge in [0, 0.05) is 5.69 Å². The first-order valence-electron chi connectivity index (χ1n) is 11.7. The molecular weight excluding hydrogens is 460 g/mol. The van der Waals surface area contributed by atoms with Crippen LogP contribution in [0.5, 0.6) is 5.75 Å². The summed E-state index contributed by atoms with van der Waals surface area (Å²) in [7, 11) is 0. The Morgan fingerprint density at radius 2 is 1.89 bits per heavy atom. The molecule has 1 atom stereocenters. The predicted molar refractivity (Wildman–Crippen MR) is 138 cm³/mol. The fourth-order valence-corrected chi connectivity index (χ4v) is 4.25. The molecule has 1 amide bonds. The van der Waals surface area contributed by atoms with Crippen molar-refractivity contribution in [2.24, 2.45) is 0 Å². The van der Waals surface area contributed by atoms with Crippen LogP contribution in [0.3, 0.4) is 0 Å². The molecule has 2 heterocycles. The molecule has 0 saturated heterocycles. The van der Waals surface area contributed by atoms with Gasteiger partial charge in [0.2, 0.25) is 5.91 Å². The number of furan rings is 1. The SMILES string of the molecule is CCC(C)c1ccc(NC(=O)CSc2nnc(COc3ccc(C)cc3)n2Cc2ccco2)cc1. The normalized spacial score (nSPS) is 11.9. The van der Waals surface area contributed by atoms with E-state index >= 15 is 0 Å². The van der Waals surface area contributed by atoms with Crippen LogP contribution in [0.25, 0.3) is 0 Å². The highest BCUT2D eigenvalue weighted by molar-refractivity contribution is 7.99. The van der Waals surface area contributed by atoms with E-state index in [1.54, 1.807) is 6.26 Å². The zero-order valence-electron chi connectivity index (χ0n) is 20.2. The van der Waals surface area contributed by atoms with Crippen LogP contribution >= 0.6 is 11.8 Å². The minimum atomic E-state index is -0.101. The lowest BCUT2D eigenvalue weighted by Gasteiger charge is -2.11. The van der Waals surface area contributed by atoms with Crippen molar-refractivity contribution >= 4 is 23.4 Å². The van der Waals surface area contributed by atoms with Crippen molar-refractivity contribution in [3.05, 3.63) is 89.6 Å². The minimum absolute atomic E-state index is 0.101. The highest BCUT2D eigenvalue weighted by Crippen LogP contribution is 2.23. The van der Waals surface area contributed by atoms with Crippen molar-refractivity contribution in [3.63, 3.8) is 0 Å². The van der Waals surface area contributed by atoms with Crippen LogP contribution in [0.4, 0.5) is 5.69 Å². The Bertz CT molecular complexity index is 1220. The topological polar surface area (TPSA) is 82.2 Å². The van der Waals surface area contributed by atoms with Gasteiger partial charge in [-0.05, 0) is 61.2 Å². The molecular formula is C27H30N4O3S. The molecule has 0 radical (unpaired) electrons. The van der Waals surface area contributed by atoms with Gasteiger partial charge in [-0.15, -0.1) is 10.2 Å². The number of nitrogens with one attached hydrogen (secondary N) is 1. The third kappa shape index (κ3) is 6.76. The quantitative estimate of drug-likeness (QED) is 0.258. The van der Waals surface area contributed by atoms with E-state index in [-0.39, 0.29) is 18.3 Å². The van der Waals surface area contributed by atoms with Crippen molar-refractivity contribution in [1.29, 1.82) is 0 Å². The zero-order valence-corrected chi connectivity index (χ0v) is 21.0. The maximum absolute atomic E-state index is 12.6. The molecule has 0 aliphatic heterocycles. The number of anilines is 1. The summed E-state index contributed by atoms with van der Waals surface area (Å²) in [4.78, 5) is 12.6. The second-order valence-corrected chi connectivity index (χ2v) is 9.38. The van der Waals surface area contributed by atoms with Gasteiger partial charge in [0.25, 0.3) is 0 Å². The van der Waals surface area contributed by atoms with Crippen molar-refractivity contribution in [2.45, 2.75) is 51.4 Å². The molecule has 0 bridgehead atoms. The number of amides is 1. The summed E-state index contributed by atoms with van der Waals surface area (Å²) in [6.45, 7) is 7.11. The Labute approximate surface area is 209 Å². The lowest BCUT2D eigenvalue weighted by atomic mass is 9.99.